The van der Waals surface area contributed by atoms with Crippen molar-refractivity contribution in [3.05, 3.63) is 34.3 Å². The van der Waals surface area contributed by atoms with E-state index in [4.69, 9.17) is 0 Å². The van der Waals surface area contributed by atoms with E-state index in [-0.39, 0.29) is 5.78 Å². The van der Waals surface area contributed by atoms with Crippen molar-refractivity contribution in [3.63, 3.8) is 0 Å². The molecule has 0 aromatic heterocycles. The maximum absolute atomic E-state index is 12.2. The second-order valence-electron chi connectivity index (χ2n) is 3.91. The average molecular weight is 283 g/mol. The van der Waals surface area contributed by atoms with Gasteiger partial charge in [0.25, 0.3) is 0 Å². The van der Waals surface area contributed by atoms with E-state index >= 15 is 0 Å². The molecule has 0 aliphatic heterocycles. The third-order valence-electron chi connectivity index (χ3n) is 2.85. The molecular weight excluding hydrogens is 272 g/mol. The molecule has 0 bridgehead atoms. The summed E-state index contributed by atoms with van der Waals surface area (Å²) in [6.45, 7) is 0. The lowest BCUT2D eigenvalue weighted by Crippen LogP contribution is -2.27. The first-order valence-electron chi connectivity index (χ1n) is 4.99. The van der Waals surface area contributed by atoms with Gasteiger partial charge in [-0.1, -0.05) is 28.1 Å². The van der Waals surface area contributed by atoms with Gasteiger partial charge in [0.1, 0.15) is 5.41 Å². The number of halogens is 1. The molecule has 4 heteroatoms. The van der Waals surface area contributed by atoms with Gasteiger partial charge < -0.3 is 4.74 Å². The Morgan fingerprint density at radius 3 is 2.56 bits per heavy atom. The molecule has 1 fully saturated rings. The predicted molar refractivity (Wildman–Crippen MR) is 62.2 cm³/mol. The number of methoxy groups -OCH3 is 1. The fourth-order valence-electron chi connectivity index (χ4n) is 1.75. The molecule has 0 saturated heterocycles. The minimum atomic E-state index is -0.907. The minimum Gasteiger partial charge on any atom is -0.468 e. The van der Waals surface area contributed by atoms with Crippen LogP contribution in [0.2, 0.25) is 0 Å². The molecule has 0 radical (unpaired) electrons. The Kier molecular flexibility index (Phi) is 2.84. The summed E-state index contributed by atoms with van der Waals surface area (Å²) in [6, 6.07) is 7.07. The Labute approximate surface area is 102 Å². The van der Waals surface area contributed by atoms with Crippen LogP contribution in [-0.4, -0.2) is 18.9 Å². The Bertz CT molecular complexity index is 449. The van der Waals surface area contributed by atoms with Crippen molar-refractivity contribution < 1.29 is 14.3 Å². The first kappa shape index (κ1) is 11.3. The maximum atomic E-state index is 12.2. The van der Waals surface area contributed by atoms with Gasteiger partial charge in [0.05, 0.1) is 7.11 Å². The molecule has 16 heavy (non-hydrogen) atoms. The Hall–Kier alpha value is -1.16. The van der Waals surface area contributed by atoms with Gasteiger partial charge in [0, 0.05) is 10.0 Å². The van der Waals surface area contributed by atoms with Gasteiger partial charge >= 0.3 is 5.97 Å². The maximum Gasteiger partial charge on any atom is 0.319 e. The summed E-state index contributed by atoms with van der Waals surface area (Å²) in [5.74, 6) is -0.557. The van der Waals surface area contributed by atoms with Crippen molar-refractivity contribution in [2.75, 3.05) is 7.11 Å². The molecule has 84 valence electrons. The zero-order valence-electron chi connectivity index (χ0n) is 8.83. The number of carbonyl (C=O) groups is 2. The van der Waals surface area contributed by atoms with E-state index in [9.17, 15) is 9.59 Å². The lowest BCUT2D eigenvalue weighted by Gasteiger charge is -2.11. The summed E-state index contributed by atoms with van der Waals surface area (Å²) in [5, 5.41) is 0. The highest BCUT2D eigenvalue weighted by Gasteiger charge is 2.57. The molecule has 1 aromatic carbocycles. The molecule has 1 saturated carbocycles. The highest BCUT2D eigenvalue weighted by atomic mass is 79.9. The molecule has 1 aliphatic carbocycles. The summed E-state index contributed by atoms with van der Waals surface area (Å²) < 4.78 is 5.51. The van der Waals surface area contributed by atoms with Gasteiger partial charge in [-0.2, -0.15) is 0 Å². The van der Waals surface area contributed by atoms with Gasteiger partial charge in [-0.3, -0.25) is 9.59 Å². The van der Waals surface area contributed by atoms with Gasteiger partial charge in [-0.05, 0) is 25.0 Å². The Balaban J connectivity index is 2.30. The molecule has 2 rings (SSSR count). The molecule has 1 aromatic rings. The number of ether oxygens (including phenoxy) is 1. The largest absolute Gasteiger partial charge is 0.468 e. The van der Waals surface area contributed by atoms with E-state index < -0.39 is 11.4 Å². The third kappa shape index (κ3) is 1.78. The van der Waals surface area contributed by atoms with E-state index in [1.165, 1.54) is 7.11 Å². The topological polar surface area (TPSA) is 43.4 Å². The van der Waals surface area contributed by atoms with Crippen molar-refractivity contribution in [1.82, 2.24) is 0 Å². The number of hydrogen-bond donors (Lipinski definition) is 0. The lowest BCUT2D eigenvalue weighted by molar-refractivity contribution is -0.145. The van der Waals surface area contributed by atoms with Crippen molar-refractivity contribution in [2.45, 2.75) is 12.8 Å². The van der Waals surface area contributed by atoms with Crippen LogP contribution < -0.4 is 0 Å². The zero-order valence-corrected chi connectivity index (χ0v) is 10.4. The monoisotopic (exact) mass is 282 g/mol. The Morgan fingerprint density at radius 1 is 1.38 bits per heavy atom. The molecule has 1 aliphatic rings. The van der Waals surface area contributed by atoms with Gasteiger partial charge in [0.15, 0.2) is 5.78 Å². The van der Waals surface area contributed by atoms with Crippen molar-refractivity contribution in [3.8, 4) is 0 Å². The van der Waals surface area contributed by atoms with Crippen LogP contribution in [0.5, 0.6) is 0 Å². The number of Topliss-reactive ketones (excluding diaryl/α,β-unsaturated/α-hetero) is 1. The molecule has 0 unspecified atom stereocenters. The number of rotatable bonds is 3. The number of hydrogen-bond acceptors (Lipinski definition) is 3. The summed E-state index contributed by atoms with van der Waals surface area (Å²) in [6.07, 6.45) is 1.18. The quantitative estimate of drug-likeness (QED) is 0.486. The summed E-state index contributed by atoms with van der Waals surface area (Å²) in [5.41, 5.74) is -0.354. The van der Waals surface area contributed by atoms with Crippen LogP contribution in [0.4, 0.5) is 0 Å². The van der Waals surface area contributed by atoms with Crippen LogP contribution in [0.3, 0.4) is 0 Å². The van der Waals surface area contributed by atoms with E-state index in [0.717, 1.165) is 4.47 Å². The highest BCUT2D eigenvalue weighted by Crippen LogP contribution is 2.49. The fourth-order valence-corrected chi connectivity index (χ4v) is 2.15. The van der Waals surface area contributed by atoms with Gasteiger partial charge in [-0.15, -0.1) is 0 Å². The molecular formula is C12H11BrO3. The lowest BCUT2D eigenvalue weighted by atomic mass is 9.95. The molecule has 0 amide bonds. The second kappa shape index (κ2) is 4.01. The second-order valence-corrected chi connectivity index (χ2v) is 4.83. The van der Waals surface area contributed by atoms with Crippen LogP contribution in [0, 0.1) is 5.41 Å². The van der Waals surface area contributed by atoms with Crippen LogP contribution in [0.15, 0.2) is 28.7 Å². The normalized spacial score (nSPS) is 16.6. The SMILES string of the molecule is COC(=O)C1(C(=O)c2cccc(Br)c2)CC1. The molecule has 0 atom stereocenters. The van der Waals surface area contributed by atoms with Gasteiger partial charge in [-0.25, -0.2) is 0 Å². The third-order valence-corrected chi connectivity index (χ3v) is 3.34. The minimum absolute atomic E-state index is 0.138. The molecule has 3 nitrogen and oxygen atoms in total. The highest BCUT2D eigenvalue weighted by molar-refractivity contribution is 9.10. The van der Waals surface area contributed by atoms with Crippen LogP contribution >= 0.6 is 15.9 Å². The van der Waals surface area contributed by atoms with E-state index in [1.54, 1.807) is 18.2 Å². The first-order chi connectivity index (χ1) is 7.60. The Morgan fingerprint density at radius 2 is 2.06 bits per heavy atom. The van der Waals surface area contributed by atoms with E-state index in [2.05, 4.69) is 20.7 Å². The van der Waals surface area contributed by atoms with Crippen molar-refractivity contribution >= 4 is 27.7 Å². The first-order valence-corrected chi connectivity index (χ1v) is 5.78. The number of benzene rings is 1. The zero-order chi connectivity index (χ0) is 11.8. The van der Waals surface area contributed by atoms with Crippen molar-refractivity contribution in [2.24, 2.45) is 5.41 Å². The summed E-state index contributed by atoms with van der Waals surface area (Å²) in [7, 11) is 1.32. The standard InChI is InChI=1S/C12H11BrO3/c1-16-11(15)12(5-6-12)10(14)8-3-2-4-9(13)7-8/h2-4,7H,5-6H2,1H3. The average Bonchev–Trinajstić information content (AvgIpc) is 3.08. The smallest absolute Gasteiger partial charge is 0.319 e. The number of ketones is 1. The number of esters is 1. The van der Waals surface area contributed by atoms with Gasteiger partial charge in [0.2, 0.25) is 0 Å². The molecule has 0 heterocycles. The predicted octanol–water partition coefficient (Wildman–Crippen LogP) is 2.59. The van der Waals surface area contributed by atoms with E-state index in [1.807, 2.05) is 6.07 Å². The fraction of sp³-hybridized carbons (Fsp3) is 0.333. The van der Waals surface area contributed by atoms with Crippen LogP contribution in [0.1, 0.15) is 23.2 Å². The van der Waals surface area contributed by atoms with Crippen molar-refractivity contribution in [1.29, 1.82) is 0 Å². The van der Waals surface area contributed by atoms with E-state index in [0.29, 0.717) is 18.4 Å². The molecule has 0 N–H and O–H groups in total. The number of carbonyl (C=O) groups excluding carboxylic acids is 2. The van der Waals surface area contributed by atoms with Crippen LogP contribution in [-0.2, 0) is 9.53 Å². The summed E-state index contributed by atoms with van der Waals surface area (Å²) >= 11 is 3.30. The molecule has 0 spiro atoms. The summed E-state index contributed by atoms with van der Waals surface area (Å²) in [4.78, 5) is 23.7. The van der Waals surface area contributed by atoms with Crippen LogP contribution in [0.25, 0.3) is 0 Å².